The monoisotopic (exact) mass is 348 g/mol. The summed E-state index contributed by atoms with van der Waals surface area (Å²) in [5.41, 5.74) is 1.56. The standard InChI is InChI=1S/C18H15F3N2O2/c19-18(20,21)15(11-4-2-1-3-5-11)9-16(24)23-13-7-6-12-10-22-17(25)14(12)8-13/h1-8,15H,9-10H2,(H,22,25)(H,23,24). The minimum atomic E-state index is -4.53. The molecule has 25 heavy (non-hydrogen) atoms. The van der Waals surface area contributed by atoms with Crippen LogP contribution in [0.2, 0.25) is 0 Å². The van der Waals surface area contributed by atoms with Crippen LogP contribution in [0.1, 0.15) is 33.8 Å². The third kappa shape index (κ3) is 3.81. The molecule has 7 heteroatoms. The van der Waals surface area contributed by atoms with Crippen molar-refractivity contribution in [3.8, 4) is 0 Å². The second-order valence-electron chi connectivity index (χ2n) is 5.81. The summed E-state index contributed by atoms with van der Waals surface area (Å²) >= 11 is 0. The van der Waals surface area contributed by atoms with Gasteiger partial charge in [0.25, 0.3) is 5.91 Å². The average molecular weight is 348 g/mol. The van der Waals surface area contributed by atoms with Gasteiger partial charge in [-0.2, -0.15) is 13.2 Å². The van der Waals surface area contributed by atoms with Crippen LogP contribution in [-0.4, -0.2) is 18.0 Å². The molecule has 1 atom stereocenters. The molecule has 1 unspecified atom stereocenters. The molecule has 2 aromatic rings. The third-order valence-electron chi connectivity index (χ3n) is 4.06. The molecule has 2 N–H and O–H groups in total. The topological polar surface area (TPSA) is 58.2 Å². The number of carbonyl (C=O) groups is 2. The van der Waals surface area contributed by atoms with Crippen molar-refractivity contribution in [3.63, 3.8) is 0 Å². The smallest absolute Gasteiger partial charge is 0.348 e. The van der Waals surface area contributed by atoms with Crippen molar-refractivity contribution in [1.82, 2.24) is 5.32 Å². The summed E-state index contributed by atoms with van der Waals surface area (Å²) in [7, 11) is 0. The summed E-state index contributed by atoms with van der Waals surface area (Å²) in [5.74, 6) is -2.90. The maximum absolute atomic E-state index is 13.3. The zero-order chi connectivity index (χ0) is 18.0. The number of anilines is 1. The molecule has 130 valence electrons. The van der Waals surface area contributed by atoms with E-state index in [0.29, 0.717) is 17.8 Å². The molecule has 3 rings (SSSR count). The summed E-state index contributed by atoms with van der Waals surface area (Å²) in [6.45, 7) is 0.409. The van der Waals surface area contributed by atoms with Gasteiger partial charge in [0.05, 0.1) is 5.92 Å². The van der Waals surface area contributed by atoms with Crippen molar-refractivity contribution in [1.29, 1.82) is 0 Å². The SMILES string of the molecule is O=C(CC(c1ccccc1)C(F)(F)F)Nc1ccc2c(c1)C(=O)NC2. The Kier molecular flexibility index (Phi) is 4.48. The van der Waals surface area contributed by atoms with E-state index >= 15 is 0 Å². The number of nitrogens with one attached hydrogen (secondary N) is 2. The molecule has 2 aromatic carbocycles. The maximum Gasteiger partial charge on any atom is 0.396 e. The molecule has 0 spiro atoms. The van der Waals surface area contributed by atoms with Gasteiger partial charge in [-0.25, -0.2) is 0 Å². The molecule has 0 saturated carbocycles. The molecule has 4 nitrogen and oxygen atoms in total. The number of hydrogen-bond acceptors (Lipinski definition) is 2. The first-order valence-corrected chi connectivity index (χ1v) is 7.67. The summed E-state index contributed by atoms with van der Waals surface area (Å²) in [6, 6.07) is 12.0. The van der Waals surface area contributed by atoms with E-state index in [9.17, 15) is 22.8 Å². The molecule has 0 aromatic heterocycles. The predicted octanol–water partition coefficient (Wildman–Crippen LogP) is 3.60. The fraction of sp³-hybridized carbons (Fsp3) is 0.222. The fourth-order valence-electron chi connectivity index (χ4n) is 2.80. The van der Waals surface area contributed by atoms with E-state index in [2.05, 4.69) is 10.6 Å². The first-order valence-electron chi connectivity index (χ1n) is 7.67. The van der Waals surface area contributed by atoms with Crippen molar-refractivity contribution in [2.75, 3.05) is 5.32 Å². The molecule has 1 heterocycles. The van der Waals surface area contributed by atoms with Crippen LogP contribution in [0.3, 0.4) is 0 Å². The zero-order valence-corrected chi connectivity index (χ0v) is 13.1. The van der Waals surface area contributed by atoms with Crippen LogP contribution in [0.15, 0.2) is 48.5 Å². The largest absolute Gasteiger partial charge is 0.396 e. The Morgan fingerprint density at radius 3 is 2.56 bits per heavy atom. The average Bonchev–Trinajstić information content (AvgIpc) is 2.93. The van der Waals surface area contributed by atoms with Crippen LogP contribution in [0.5, 0.6) is 0 Å². The van der Waals surface area contributed by atoms with E-state index in [1.54, 1.807) is 18.2 Å². The molecule has 1 aliphatic heterocycles. The number of benzene rings is 2. The molecule has 0 radical (unpaired) electrons. The normalized spacial score (nSPS) is 14.6. The lowest BCUT2D eigenvalue weighted by atomic mass is 9.94. The summed E-state index contributed by atoms with van der Waals surface area (Å²) in [6.07, 6.45) is -5.26. The van der Waals surface area contributed by atoms with E-state index in [1.165, 1.54) is 30.3 Å². The Balaban J connectivity index is 1.75. The zero-order valence-electron chi connectivity index (χ0n) is 13.1. The Bertz CT molecular complexity index is 804. The molecule has 0 fully saturated rings. The van der Waals surface area contributed by atoms with Gasteiger partial charge < -0.3 is 10.6 Å². The van der Waals surface area contributed by atoms with Gasteiger partial charge in [-0.05, 0) is 23.3 Å². The van der Waals surface area contributed by atoms with Crippen molar-refractivity contribution in [2.24, 2.45) is 0 Å². The number of alkyl halides is 3. The van der Waals surface area contributed by atoms with Crippen LogP contribution < -0.4 is 10.6 Å². The molecular weight excluding hydrogens is 333 g/mol. The minimum absolute atomic E-state index is 0.0403. The van der Waals surface area contributed by atoms with Gasteiger partial charge in [0.2, 0.25) is 5.91 Å². The lowest BCUT2D eigenvalue weighted by Gasteiger charge is -2.20. The second-order valence-corrected chi connectivity index (χ2v) is 5.81. The quantitative estimate of drug-likeness (QED) is 0.887. The van der Waals surface area contributed by atoms with Crippen LogP contribution in [0.25, 0.3) is 0 Å². The minimum Gasteiger partial charge on any atom is -0.348 e. The molecule has 2 amide bonds. The van der Waals surface area contributed by atoms with Gasteiger partial charge in [0, 0.05) is 24.2 Å². The molecule has 0 bridgehead atoms. The summed E-state index contributed by atoms with van der Waals surface area (Å²) in [4.78, 5) is 23.7. The van der Waals surface area contributed by atoms with Crippen LogP contribution in [0, 0.1) is 0 Å². The molecular formula is C18H15F3N2O2. The lowest BCUT2D eigenvalue weighted by Crippen LogP contribution is -2.26. The van der Waals surface area contributed by atoms with Gasteiger partial charge in [0.15, 0.2) is 0 Å². The number of rotatable bonds is 4. The van der Waals surface area contributed by atoms with Crippen molar-refractivity contribution in [3.05, 3.63) is 65.2 Å². The Hall–Kier alpha value is -2.83. The highest BCUT2D eigenvalue weighted by atomic mass is 19.4. The fourth-order valence-corrected chi connectivity index (χ4v) is 2.80. The van der Waals surface area contributed by atoms with Crippen LogP contribution in [0.4, 0.5) is 18.9 Å². The van der Waals surface area contributed by atoms with E-state index in [0.717, 1.165) is 5.56 Å². The molecule has 1 aliphatic rings. The van der Waals surface area contributed by atoms with Gasteiger partial charge in [-0.1, -0.05) is 36.4 Å². The van der Waals surface area contributed by atoms with Gasteiger partial charge in [0.1, 0.15) is 0 Å². The van der Waals surface area contributed by atoms with Crippen molar-refractivity contribution < 1.29 is 22.8 Å². The van der Waals surface area contributed by atoms with Crippen LogP contribution >= 0.6 is 0 Å². The Morgan fingerprint density at radius 1 is 1.16 bits per heavy atom. The van der Waals surface area contributed by atoms with Gasteiger partial charge in [-0.3, -0.25) is 9.59 Å². The number of amides is 2. The molecule has 0 saturated heterocycles. The lowest BCUT2D eigenvalue weighted by molar-refractivity contribution is -0.155. The Labute approximate surface area is 142 Å². The highest BCUT2D eigenvalue weighted by Crippen LogP contribution is 2.37. The highest BCUT2D eigenvalue weighted by Gasteiger charge is 2.41. The number of fused-ring (bicyclic) bond motifs is 1. The number of carbonyl (C=O) groups excluding carboxylic acids is 2. The first kappa shape index (κ1) is 17.0. The maximum atomic E-state index is 13.3. The van der Waals surface area contributed by atoms with E-state index in [1.807, 2.05) is 0 Å². The number of hydrogen-bond donors (Lipinski definition) is 2. The van der Waals surface area contributed by atoms with Crippen molar-refractivity contribution in [2.45, 2.75) is 25.1 Å². The first-order chi connectivity index (χ1) is 11.8. The molecule has 0 aliphatic carbocycles. The van der Waals surface area contributed by atoms with Gasteiger partial charge in [-0.15, -0.1) is 0 Å². The second kappa shape index (κ2) is 6.58. The van der Waals surface area contributed by atoms with Crippen LogP contribution in [-0.2, 0) is 11.3 Å². The number of halogens is 3. The summed E-state index contributed by atoms with van der Waals surface area (Å²) in [5, 5.41) is 5.08. The van der Waals surface area contributed by atoms with Crippen molar-refractivity contribution >= 4 is 17.5 Å². The third-order valence-corrected chi connectivity index (χ3v) is 4.06. The van der Waals surface area contributed by atoms with E-state index in [-0.39, 0.29) is 11.5 Å². The van der Waals surface area contributed by atoms with Gasteiger partial charge >= 0.3 is 6.18 Å². The van der Waals surface area contributed by atoms with E-state index < -0.39 is 24.4 Å². The van der Waals surface area contributed by atoms with E-state index in [4.69, 9.17) is 0 Å². The Morgan fingerprint density at radius 2 is 1.88 bits per heavy atom. The highest BCUT2D eigenvalue weighted by molar-refractivity contribution is 6.00. The summed E-state index contributed by atoms with van der Waals surface area (Å²) < 4.78 is 39.9. The predicted molar refractivity (Wildman–Crippen MR) is 86.1 cm³/mol.